The van der Waals surface area contributed by atoms with E-state index in [-0.39, 0.29) is 12.4 Å². The van der Waals surface area contributed by atoms with Gasteiger partial charge in [-0.3, -0.25) is 0 Å². The summed E-state index contributed by atoms with van der Waals surface area (Å²) < 4.78 is 13.1. The van der Waals surface area contributed by atoms with E-state index in [4.69, 9.17) is 5.11 Å². The SMILES string of the molecule is Cc1c(F)ccc2cc(CO)[nH]c12. The molecule has 2 rings (SSSR count). The first kappa shape index (κ1) is 8.26. The topological polar surface area (TPSA) is 36.0 Å². The number of aliphatic hydroxyl groups is 1. The molecule has 1 aromatic heterocycles. The number of rotatable bonds is 1. The molecule has 0 atom stereocenters. The van der Waals surface area contributed by atoms with E-state index in [9.17, 15) is 4.39 Å². The second-order valence-electron chi connectivity index (χ2n) is 3.09. The van der Waals surface area contributed by atoms with Crippen molar-refractivity contribution in [2.45, 2.75) is 13.5 Å². The number of nitrogens with one attached hydrogen (secondary N) is 1. The van der Waals surface area contributed by atoms with E-state index in [1.165, 1.54) is 6.07 Å². The zero-order chi connectivity index (χ0) is 9.42. The molecule has 2 aromatic rings. The molecule has 0 bridgehead atoms. The van der Waals surface area contributed by atoms with Crippen molar-refractivity contribution < 1.29 is 9.50 Å². The van der Waals surface area contributed by atoms with Crippen LogP contribution >= 0.6 is 0 Å². The van der Waals surface area contributed by atoms with Crippen LogP contribution in [0.25, 0.3) is 10.9 Å². The Morgan fingerprint density at radius 2 is 2.23 bits per heavy atom. The lowest BCUT2D eigenvalue weighted by atomic mass is 10.1. The molecule has 0 saturated heterocycles. The fourth-order valence-corrected chi connectivity index (χ4v) is 1.46. The highest BCUT2D eigenvalue weighted by molar-refractivity contribution is 5.83. The van der Waals surface area contributed by atoms with Crippen molar-refractivity contribution in [1.29, 1.82) is 0 Å². The van der Waals surface area contributed by atoms with Crippen LogP contribution in [-0.2, 0) is 6.61 Å². The first-order valence-corrected chi connectivity index (χ1v) is 4.10. The lowest BCUT2D eigenvalue weighted by Crippen LogP contribution is -1.84. The van der Waals surface area contributed by atoms with Crippen molar-refractivity contribution in [3.63, 3.8) is 0 Å². The molecule has 0 spiro atoms. The van der Waals surface area contributed by atoms with Crippen LogP contribution in [0.1, 0.15) is 11.3 Å². The summed E-state index contributed by atoms with van der Waals surface area (Å²) in [5, 5.41) is 9.81. The summed E-state index contributed by atoms with van der Waals surface area (Å²) in [7, 11) is 0. The summed E-state index contributed by atoms with van der Waals surface area (Å²) in [4.78, 5) is 2.96. The van der Waals surface area contributed by atoms with Crippen LogP contribution in [0.15, 0.2) is 18.2 Å². The monoisotopic (exact) mass is 179 g/mol. The van der Waals surface area contributed by atoms with Crippen LogP contribution in [0.4, 0.5) is 4.39 Å². The quantitative estimate of drug-likeness (QED) is 0.691. The lowest BCUT2D eigenvalue weighted by molar-refractivity contribution is 0.278. The van der Waals surface area contributed by atoms with Crippen LogP contribution < -0.4 is 0 Å². The van der Waals surface area contributed by atoms with Crippen molar-refractivity contribution in [3.8, 4) is 0 Å². The zero-order valence-electron chi connectivity index (χ0n) is 7.26. The normalized spacial score (nSPS) is 11.0. The predicted octanol–water partition coefficient (Wildman–Crippen LogP) is 2.11. The number of benzene rings is 1. The van der Waals surface area contributed by atoms with E-state index in [2.05, 4.69) is 4.98 Å². The van der Waals surface area contributed by atoms with Crippen molar-refractivity contribution in [2.24, 2.45) is 0 Å². The molecule has 0 radical (unpaired) electrons. The molecule has 0 aliphatic heterocycles. The minimum absolute atomic E-state index is 0.0459. The third-order valence-corrected chi connectivity index (χ3v) is 2.22. The Balaban J connectivity index is 2.76. The van der Waals surface area contributed by atoms with Gasteiger partial charge in [0.15, 0.2) is 0 Å². The maximum Gasteiger partial charge on any atom is 0.128 e. The van der Waals surface area contributed by atoms with Crippen molar-refractivity contribution in [3.05, 3.63) is 35.3 Å². The molecule has 0 aliphatic rings. The minimum Gasteiger partial charge on any atom is -0.390 e. The van der Waals surface area contributed by atoms with E-state index >= 15 is 0 Å². The van der Waals surface area contributed by atoms with Crippen LogP contribution in [-0.4, -0.2) is 10.1 Å². The van der Waals surface area contributed by atoms with Crippen LogP contribution in [0.3, 0.4) is 0 Å². The Labute approximate surface area is 75.0 Å². The van der Waals surface area contributed by atoms with Gasteiger partial charge in [0.25, 0.3) is 0 Å². The number of aliphatic hydroxyl groups excluding tert-OH is 1. The maximum atomic E-state index is 13.1. The van der Waals surface area contributed by atoms with Gasteiger partial charge in [-0.05, 0) is 25.1 Å². The number of aryl methyl sites for hydroxylation is 1. The molecule has 2 nitrogen and oxygen atoms in total. The average Bonchev–Trinajstić information content (AvgIpc) is 2.55. The molecular weight excluding hydrogens is 169 g/mol. The summed E-state index contributed by atoms with van der Waals surface area (Å²) in [6.07, 6.45) is 0. The zero-order valence-corrected chi connectivity index (χ0v) is 7.26. The third-order valence-electron chi connectivity index (χ3n) is 2.22. The van der Waals surface area contributed by atoms with E-state index < -0.39 is 0 Å². The molecule has 0 saturated carbocycles. The van der Waals surface area contributed by atoms with Crippen molar-refractivity contribution in [2.75, 3.05) is 0 Å². The summed E-state index contributed by atoms with van der Waals surface area (Å²) in [6, 6.07) is 4.96. The van der Waals surface area contributed by atoms with Crippen molar-refractivity contribution in [1.82, 2.24) is 4.98 Å². The number of H-pyrrole nitrogens is 1. The van der Waals surface area contributed by atoms with Gasteiger partial charge >= 0.3 is 0 Å². The van der Waals surface area contributed by atoms with E-state index in [1.54, 1.807) is 13.0 Å². The van der Waals surface area contributed by atoms with Gasteiger partial charge in [0, 0.05) is 16.6 Å². The van der Waals surface area contributed by atoms with Gasteiger partial charge in [-0.15, -0.1) is 0 Å². The Morgan fingerprint density at radius 3 is 2.92 bits per heavy atom. The van der Waals surface area contributed by atoms with Gasteiger partial charge in [0.1, 0.15) is 5.82 Å². The highest BCUT2D eigenvalue weighted by atomic mass is 19.1. The number of halogens is 1. The Hall–Kier alpha value is -1.35. The van der Waals surface area contributed by atoms with Crippen LogP contribution in [0.5, 0.6) is 0 Å². The number of aromatic amines is 1. The van der Waals surface area contributed by atoms with E-state index in [0.29, 0.717) is 11.3 Å². The van der Waals surface area contributed by atoms with Gasteiger partial charge in [0.05, 0.1) is 12.1 Å². The highest BCUT2D eigenvalue weighted by Crippen LogP contribution is 2.21. The number of hydrogen-bond acceptors (Lipinski definition) is 1. The van der Waals surface area contributed by atoms with Crippen molar-refractivity contribution >= 4 is 10.9 Å². The van der Waals surface area contributed by atoms with Gasteiger partial charge in [-0.2, -0.15) is 0 Å². The van der Waals surface area contributed by atoms with Crippen LogP contribution in [0.2, 0.25) is 0 Å². The first-order chi connectivity index (χ1) is 6.22. The number of aromatic nitrogens is 1. The van der Waals surface area contributed by atoms with E-state index in [0.717, 1.165) is 10.9 Å². The molecule has 1 aromatic carbocycles. The Morgan fingerprint density at radius 1 is 1.46 bits per heavy atom. The predicted molar refractivity (Wildman–Crippen MR) is 48.9 cm³/mol. The highest BCUT2D eigenvalue weighted by Gasteiger charge is 2.05. The second-order valence-corrected chi connectivity index (χ2v) is 3.09. The molecule has 13 heavy (non-hydrogen) atoms. The standard InChI is InChI=1S/C10H10FNO/c1-6-9(11)3-2-7-4-8(5-13)12-10(6)7/h2-4,12-13H,5H2,1H3. The second kappa shape index (κ2) is 2.85. The smallest absolute Gasteiger partial charge is 0.128 e. The van der Waals surface area contributed by atoms with E-state index in [1.807, 2.05) is 6.07 Å². The van der Waals surface area contributed by atoms with Gasteiger partial charge in [-0.25, -0.2) is 4.39 Å². The number of fused-ring (bicyclic) bond motifs is 1. The molecule has 0 fully saturated rings. The summed E-state index contributed by atoms with van der Waals surface area (Å²) >= 11 is 0. The minimum atomic E-state index is -0.223. The molecule has 0 unspecified atom stereocenters. The maximum absolute atomic E-state index is 13.1. The molecule has 0 amide bonds. The fourth-order valence-electron chi connectivity index (χ4n) is 1.46. The average molecular weight is 179 g/mol. The lowest BCUT2D eigenvalue weighted by Gasteiger charge is -1.96. The fraction of sp³-hybridized carbons (Fsp3) is 0.200. The van der Waals surface area contributed by atoms with Gasteiger partial charge < -0.3 is 10.1 Å². The Kier molecular flexibility index (Phi) is 1.81. The largest absolute Gasteiger partial charge is 0.390 e. The molecule has 2 N–H and O–H groups in total. The first-order valence-electron chi connectivity index (χ1n) is 4.10. The molecule has 68 valence electrons. The van der Waals surface area contributed by atoms with Gasteiger partial charge in [0.2, 0.25) is 0 Å². The summed E-state index contributed by atoms with van der Waals surface area (Å²) in [5.41, 5.74) is 2.07. The molecular formula is C10H10FNO. The molecule has 3 heteroatoms. The number of hydrogen-bond donors (Lipinski definition) is 2. The molecule has 1 heterocycles. The Bertz CT molecular complexity index is 447. The van der Waals surface area contributed by atoms with Crippen LogP contribution in [0, 0.1) is 12.7 Å². The molecule has 0 aliphatic carbocycles. The third kappa shape index (κ3) is 1.21. The van der Waals surface area contributed by atoms with Gasteiger partial charge in [-0.1, -0.05) is 0 Å². The summed E-state index contributed by atoms with van der Waals surface area (Å²) in [6.45, 7) is 1.67. The summed E-state index contributed by atoms with van der Waals surface area (Å²) in [5.74, 6) is -0.223.